The summed E-state index contributed by atoms with van der Waals surface area (Å²) < 4.78 is 29.2. The van der Waals surface area contributed by atoms with Gasteiger partial charge in [0.25, 0.3) is 10.0 Å². The topological polar surface area (TPSA) is 86.8 Å². The monoisotopic (exact) mass is 665 g/mol. The van der Waals surface area contributed by atoms with Gasteiger partial charge in [-0.2, -0.15) is 0 Å². The summed E-state index contributed by atoms with van der Waals surface area (Å²) in [6, 6.07) is 28.3. The lowest BCUT2D eigenvalue weighted by Gasteiger charge is -2.34. The number of hydrogen-bond acceptors (Lipinski definition) is 4. The Kier molecular flexibility index (Phi) is 11.7. The van der Waals surface area contributed by atoms with Crippen molar-refractivity contribution in [1.82, 2.24) is 10.2 Å². The van der Waals surface area contributed by atoms with Crippen molar-refractivity contribution in [1.29, 1.82) is 0 Å². The SMILES string of the molecule is CCC(C)NC(=O)C(Cc1ccccc1)N(Cc1ccccc1C)C(=O)CN(c1ccc(Cl)c(Cl)c1)S(=O)(=O)c1ccccc1. The highest BCUT2D eigenvalue weighted by molar-refractivity contribution is 7.92. The van der Waals surface area contributed by atoms with Gasteiger partial charge in [-0.15, -0.1) is 0 Å². The third-order valence-electron chi connectivity index (χ3n) is 7.68. The van der Waals surface area contributed by atoms with E-state index in [4.69, 9.17) is 23.2 Å². The third-order valence-corrected chi connectivity index (χ3v) is 10.2. The molecule has 10 heteroatoms. The second-order valence-corrected chi connectivity index (χ2v) is 13.6. The van der Waals surface area contributed by atoms with E-state index in [2.05, 4.69) is 5.32 Å². The zero-order valence-corrected chi connectivity index (χ0v) is 27.8. The van der Waals surface area contributed by atoms with Crippen molar-refractivity contribution in [3.63, 3.8) is 0 Å². The normalized spacial score (nSPS) is 12.6. The Bertz CT molecular complexity index is 1720. The number of rotatable bonds is 13. The second kappa shape index (κ2) is 15.4. The van der Waals surface area contributed by atoms with Crippen molar-refractivity contribution in [2.75, 3.05) is 10.8 Å². The molecule has 0 spiro atoms. The van der Waals surface area contributed by atoms with E-state index in [1.165, 1.54) is 35.2 Å². The molecule has 2 amide bonds. The van der Waals surface area contributed by atoms with Crippen molar-refractivity contribution in [2.24, 2.45) is 0 Å². The maximum Gasteiger partial charge on any atom is 0.264 e. The smallest absolute Gasteiger partial charge is 0.264 e. The van der Waals surface area contributed by atoms with Crippen LogP contribution in [0.25, 0.3) is 0 Å². The molecular formula is C35H37Cl2N3O4S. The van der Waals surface area contributed by atoms with Crippen molar-refractivity contribution in [3.05, 3.63) is 130 Å². The first-order valence-corrected chi connectivity index (χ1v) is 16.9. The summed E-state index contributed by atoms with van der Waals surface area (Å²) in [6.45, 7) is 5.33. The zero-order valence-electron chi connectivity index (χ0n) is 25.5. The fourth-order valence-electron chi connectivity index (χ4n) is 4.85. The molecule has 1 N–H and O–H groups in total. The van der Waals surface area contributed by atoms with Crippen LogP contribution in [0.2, 0.25) is 10.0 Å². The van der Waals surface area contributed by atoms with Gasteiger partial charge in [-0.3, -0.25) is 13.9 Å². The Balaban J connectivity index is 1.83. The average molecular weight is 667 g/mol. The van der Waals surface area contributed by atoms with Gasteiger partial charge in [-0.1, -0.05) is 103 Å². The number of nitrogens with one attached hydrogen (secondary N) is 1. The van der Waals surface area contributed by atoms with Crippen LogP contribution in [0, 0.1) is 6.92 Å². The molecule has 0 aliphatic rings. The highest BCUT2D eigenvalue weighted by Crippen LogP contribution is 2.31. The summed E-state index contributed by atoms with van der Waals surface area (Å²) in [7, 11) is -4.24. The number of benzene rings is 4. The average Bonchev–Trinajstić information content (AvgIpc) is 3.04. The van der Waals surface area contributed by atoms with Crippen LogP contribution in [0.1, 0.15) is 37.0 Å². The standard InChI is InChI=1S/C35H37Cl2N3O4S/c1-4-26(3)38-35(42)33(21-27-14-7-5-8-15-27)39(23-28-16-12-11-13-25(28)2)34(41)24-40(29-19-20-31(36)32(37)22-29)45(43,44)30-17-9-6-10-18-30/h5-20,22,26,33H,4,21,23-24H2,1-3H3,(H,38,42). The number of carbonyl (C=O) groups is 2. The summed E-state index contributed by atoms with van der Waals surface area (Å²) in [6.07, 6.45) is 0.939. The molecular weight excluding hydrogens is 629 g/mol. The molecule has 0 aliphatic heterocycles. The van der Waals surface area contributed by atoms with Crippen LogP contribution < -0.4 is 9.62 Å². The van der Waals surface area contributed by atoms with Gasteiger partial charge >= 0.3 is 0 Å². The summed E-state index contributed by atoms with van der Waals surface area (Å²) in [5.41, 5.74) is 2.81. The Morgan fingerprint density at radius 2 is 1.47 bits per heavy atom. The van der Waals surface area contributed by atoms with Crippen LogP contribution in [0.15, 0.2) is 108 Å². The number of carbonyl (C=O) groups excluding carboxylic acids is 2. The number of nitrogens with zero attached hydrogens (tertiary/aromatic N) is 2. The number of anilines is 1. The molecule has 236 valence electrons. The van der Waals surface area contributed by atoms with E-state index in [0.29, 0.717) is 6.42 Å². The van der Waals surface area contributed by atoms with Gasteiger partial charge < -0.3 is 10.2 Å². The minimum atomic E-state index is -4.24. The van der Waals surface area contributed by atoms with E-state index in [1.807, 2.05) is 75.4 Å². The molecule has 0 saturated carbocycles. The maximum atomic E-state index is 14.5. The maximum absolute atomic E-state index is 14.5. The van der Waals surface area contributed by atoms with Crippen molar-refractivity contribution < 1.29 is 18.0 Å². The summed E-state index contributed by atoms with van der Waals surface area (Å²) in [5.74, 6) is -0.869. The molecule has 0 bridgehead atoms. The van der Waals surface area contributed by atoms with Crippen LogP contribution in [-0.2, 0) is 32.6 Å². The third kappa shape index (κ3) is 8.66. The number of hydrogen-bond donors (Lipinski definition) is 1. The van der Waals surface area contributed by atoms with Crippen LogP contribution >= 0.6 is 23.2 Å². The molecule has 2 atom stereocenters. The lowest BCUT2D eigenvalue weighted by Crippen LogP contribution is -2.54. The quantitative estimate of drug-likeness (QED) is 0.166. The molecule has 45 heavy (non-hydrogen) atoms. The minimum absolute atomic E-state index is 0.00433. The number of amides is 2. The fourth-order valence-corrected chi connectivity index (χ4v) is 6.57. The first-order valence-electron chi connectivity index (χ1n) is 14.7. The van der Waals surface area contributed by atoms with Crippen LogP contribution in [0.5, 0.6) is 0 Å². The molecule has 4 rings (SSSR count). The largest absolute Gasteiger partial charge is 0.352 e. The van der Waals surface area contributed by atoms with Gasteiger partial charge in [-0.05, 0) is 67.3 Å². The van der Waals surface area contributed by atoms with Crippen LogP contribution in [0.3, 0.4) is 0 Å². The Morgan fingerprint density at radius 1 is 0.844 bits per heavy atom. The molecule has 4 aromatic rings. The van der Waals surface area contributed by atoms with E-state index in [9.17, 15) is 18.0 Å². The first-order chi connectivity index (χ1) is 21.5. The number of aryl methyl sites for hydroxylation is 1. The summed E-state index contributed by atoms with van der Waals surface area (Å²) >= 11 is 12.5. The first kappa shape index (κ1) is 34.0. The number of halogens is 2. The highest BCUT2D eigenvalue weighted by Gasteiger charge is 2.35. The molecule has 2 unspecified atom stereocenters. The molecule has 7 nitrogen and oxygen atoms in total. The van der Waals surface area contributed by atoms with E-state index in [-0.39, 0.29) is 45.5 Å². The Morgan fingerprint density at radius 3 is 2.09 bits per heavy atom. The van der Waals surface area contributed by atoms with E-state index < -0.39 is 28.5 Å². The van der Waals surface area contributed by atoms with Crippen LogP contribution in [-0.4, -0.2) is 43.8 Å². The predicted octanol–water partition coefficient (Wildman–Crippen LogP) is 7.05. The van der Waals surface area contributed by atoms with Gasteiger partial charge in [0, 0.05) is 19.0 Å². The molecule has 4 aromatic carbocycles. The molecule has 0 fully saturated rings. The lowest BCUT2D eigenvalue weighted by molar-refractivity contribution is -0.140. The predicted molar refractivity (Wildman–Crippen MR) is 181 cm³/mol. The van der Waals surface area contributed by atoms with E-state index in [0.717, 1.165) is 21.0 Å². The molecule has 0 aromatic heterocycles. The second-order valence-electron chi connectivity index (χ2n) is 10.9. The van der Waals surface area contributed by atoms with Crippen molar-refractivity contribution >= 4 is 50.7 Å². The van der Waals surface area contributed by atoms with Gasteiger partial charge in [0.2, 0.25) is 11.8 Å². The van der Waals surface area contributed by atoms with Crippen molar-refractivity contribution in [2.45, 2.75) is 57.1 Å². The Hall–Kier alpha value is -3.85. The zero-order chi connectivity index (χ0) is 32.6. The molecule has 0 radical (unpaired) electrons. The van der Waals surface area contributed by atoms with Gasteiger partial charge in [0.15, 0.2) is 0 Å². The number of sulfonamides is 1. The van der Waals surface area contributed by atoms with Gasteiger partial charge in [0.05, 0.1) is 20.6 Å². The summed E-state index contributed by atoms with van der Waals surface area (Å²) in [5, 5.41) is 3.43. The van der Waals surface area contributed by atoms with Crippen molar-refractivity contribution in [3.8, 4) is 0 Å². The van der Waals surface area contributed by atoms with E-state index in [1.54, 1.807) is 18.2 Å². The van der Waals surface area contributed by atoms with E-state index >= 15 is 0 Å². The Labute approximate surface area is 275 Å². The molecule has 0 heterocycles. The lowest BCUT2D eigenvalue weighted by atomic mass is 10.0. The highest BCUT2D eigenvalue weighted by atomic mass is 35.5. The van der Waals surface area contributed by atoms with Gasteiger partial charge in [0.1, 0.15) is 12.6 Å². The fraction of sp³-hybridized carbons (Fsp3) is 0.257. The minimum Gasteiger partial charge on any atom is -0.352 e. The van der Waals surface area contributed by atoms with Gasteiger partial charge in [-0.25, -0.2) is 8.42 Å². The summed E-state index contributed by atoms with van der Waals surface area (Å²) in [4.78, 5) is 30.0. The van der Waals surface area contributed by atoms with Crippen LogP contribution in [0.4, 0.5) is 5.69 Å². The molecule has 0 saturated heterocycles. The molecule has 0 aliphatic carbocycles.